The zero-order valence-corrected chi connectivity index (χ0v) is 11.4. The van der Waals surface area contributed by atoms with Crippen molar-refractivity contribution in [3.8, 4) is 0 Å². The quantitative estimate of drug-likeness (QED) is 0.633. The topological polar surface area (TPSA) is 87.2 Å². The Bertz CT molecular complexity index is 615. The average molecular weight is 285 g/mol. The Balaban J connectivity index is 2.34. The molecule has 1 aliphatic rings. The maximum Gasteiger partial charge on any atom is 0.152 e. The fourth-order valence-electron chi connectivity index (χ4n) is 2.31. The number of hydrogen-bond donors (Lipinski definition) is 2. The van der Waals surface area contributed by atoms with E-state index >= 15 is 0 Å². The van der Waals surface area contributed by atoms with E-state index in [9.17, 15) is 12.8 Å². The normalized spacial score (nSPS) is 21.3. The van der Waals surface area contributed by atoms with E-state index in [1.165, 1.54) is 18.2 Å². The van der Waals surface area contributed by atoms with Crippen LogP contribution in [0.1, 0.15) is 12.0 Å². The summed E-state index contributed by atoms with van der Waals surface area (Å²) in [4.78, 5) is 1.76. The minimum absolute atomic E-state index is 0.0816. The van der Waals surface area contributed by atoms with Gasteiger partial charge in [-0.25, -0.2) is 12.8 Å². The summed E-state index contributed by atoms with van der Waals surface area (Å²) in [5, 5.41) is 7.48. The number of benzene rings is 1. The summed E-state index contributed by atoms with van der Waals surface area (Å²) < 4.78 is 36.2. The molecule has 0 radical (unpaired) electrons. The van der Waals surface area contributed by atoms with Gasteiger partial charge in [-0.2, -0.15) is 0 Å². The molecule has 1 aliphatic heterocycles. The number of rotatable bonds is 3. The van der Waals surface area contributed by atoms with Crippen molar-refractivity contribution >= 4 is 21.4 Å². The zero-order valence-electron chi connectivity index (χ0n) is 10.6. The Hall–Kier alpha value is -1.63. The number of nitrogens with two attached hydrogens (primary N) is 1. The summed E-state index contributed by atoms with van der Waals surface area (Å²) in [5.74, 6) is -0.458. The van der Waals surface area contributed by atoms with Gasteiger partial charge in [-0.3, -0.25) is 5.41 Å². The van der Waals surface area contributed by atoms with Crippen molar-refractivity contribution in [3.05, 3.63) is 29.6 Å². The maximum absolute atomic E-state index is 13.2. The van der Waals surface area contributed by atoms with Crippen LogP contribution < -0.4 is 10.6 Å². The molecular weight excluding hydrogens is 269 g/mol. The van der Waals surface area contributed by atoms with E-state index in [4.69, 9.17) is 11.1 Å². The standard InChI is InChI=1S/C12H16FN3O2S/c1-16(9-4-5-19(17,18)7-9)11-3-2-8(13)6-10(11)12(14)15/h2-3,6,9H,4-5,7H2,1H3,(H3,14,15). The number of halogens is 1. The van der Waals surface area contributed by atoms with Crippen LogP contribution in [0.15, 0.2) is 18.2 Å². The van der Waals surface area contributed by atoms with Crippen LogP contribution in [-0.4, -0.2) is 38.8 Å². The highest BCUT2D eigenvalue weighted by Gasteiger charge is 2.31. The van der Waals surface area contributed by atoms with Gasteiger partial charge in [0.1, 0.15) is 11.7 Å². The predicted octanol–water partition coefficient (Wildman–Crippen LogP) is 0.733. The largest absolute Gasteiger partial charge is 0.384 e. The van der Waals surface area contributed by atoms with Gasteiger partial charge in [0, 0.05) is 24.3 Å². The summed E-state index contributed by atoms with van der Waals surface area (Å²) in [6.07, 6.45) is 0.535. The Labute approximate surface area is 111 Å². The second kappa shape index (κ2) is 4.80. The fraction of sp³-hybridized carbons (Fsp3) is 0.417. The van der Waals surface area contributed by atoms with E-state index in [-0.39, 0.29) is 28.9 Å². The summed E-state index contributed by atoms with van der Waals surface area (Å²) in [5.41, 5.74) is 6.31. The first-order valence-electron chi connectivity index (χ1n) is 5.87. The van der Waals surface area contributed by atoms with Crippen LogP contribution in [-0.2, 0) is 9.84 Å². The van der Waals surface area contributed by atoms with E-state index in [1.54, 1.807) is 11.9 Å². The number of nitrogens with one attached hydrogen (secondary N) is 1. The van der Waals surface area contributed by atoms with E-state index in [1.807, 2.05) is 0 Å². The first-order valence-corrected chi connectivity index (χ1v) is 7.69. The zero-order chi connectivity index (χ0) is 14.2. The van der Waals surface area contributed by atoms with E-state index < -0.39 is 15.7 Å². The summed E-state index contributed by atoms with van der Waals surface area (Å²) in [6, 6.07) is 3.84. The lowest BCUT2D eigenvalue weighted by Gasteiger charge is -2.27. The molecule has 1 unspecified atom stereocenters. The first kappa shape index (κ1) is 13.8. The molecule has 1 atom stereocenters. The highest BCUT2D eigenvalue weighted by Crippen LogP contribution is 2.26. The van der Waals surface area contributed by atoms with Gasteiger partial charge in [0.25, 0.3) is 0 Å². The fourth-order valence-corrected chi connectivity index (χ4v) is 4.08. The number of sulfone groups is 1. The molecule has 104 valence electrons. The molecule has 0 saturated carbocycles. The molecule has 19 heavy (non-hydrogen) atoms. The van der Waals surface area contributed by atoms with Crippen LogP contribution in [0.25, 0.3) is 0 Å². The molecule has 0 aromatic heterocycles. The monoisotopic (exact) mass is 285 g/mol. The highest BCUT2D eigenvalue weighted by molar-refractivity contribution is 7.91. The number of anilines is 1. The second-order valence-electron chi connectivity index (χ2n) is 4.74. The van der Waals surface area contributed by atoms with Gasteiger partial charge in [-0.15, -0.1) is 0 Å². The van der Waals surface area contributed by atoms with Crippen LogP contribution in [0.2, 0.25) is 0 Å². The van der Waals surface area contributed by atoms with Crippen molar-refractivity contribution in [2.45, 2.75) is 12.5 Å². The molecule has 3 N–H and O–H groups in total. The lowest BCUT2D eigenvalue weighted by atomic mass is 10.1. The molecule has 1 aromatic rings. The smallest absolute Gasteiger partial charge is 0.152 e. The molecule has 1 saturated heterocycles. The minimum Gasteiger partial charge on any atom is -0.384 e. The van der Waals surface area contributed by atoms with E-state index in [2.05, 4.69) is 0 Å². The molecule has 0 amide bonds. The number of amidine groups is 1. The molecular formula is C12H16FN3O2S. The van der Waals surface area contributed by atoms with Gasteiger partial charge in [-0.05, 0) is 24.6 Å². The van der Waals surface area contributed by atoms with Crippen LogP contribution in [0.5, 0.6) is 0 Å². The molecule has 2 rings (SSSR count). The van der Waals surface area contributed by atoms with Gasteiger partial charge in [0.05, 0.1) is 11.5 Å². The van der Waals surface area contributed by atoms with Gasteiger partial charge in [0.15, 0.2) is 9.84 Å². The van der Waals surface area contributed by atoms with Crippen molar-refractivity contribution in [2.24, 2.45) is 5.73 Å². The number of nitrogen functional groups attached to an aromatic ring is 1. The first-order chi connectivity index (χ1) is 8.80. The van der Waals surface area contributed by atoms with Crippen molar-refractivity contribution in [1.29, 1.82) is 5.41 Å². The second-order valence-corrected chi connectivity index (χ2v) is 6.97. The molecule has 1 heterocycles. The van der Waals surface area contributed by atoms with Crippen molar-refractivity contribution in [1.82, 2.24) is 0 Å². The van der Waals surface area contributed by atoms with E-state index in [0.29, 0.717) is 12.1 Å². The van der Waals surface area contributed by atoms with Crippen LogP contribution in [0.3, 0.4) is 0 Å². The third-order valence-corrected chi connectivity index (χ3v) is 5.14. The molecule has 1 fully saturated rings. The summed E-state index contributed by atoms with van der Waals surface area (Å²) in [6.45, 7) is 0. The molecule has 7 heteroatoms. The van der Waals surface area contributed by atoms with Gasteiger partial charge in [0.2, 0.25) is 0 Å². The van der Waals surface area contributed by atoms with Gasteiger partial charge in [-0.1, -0.05) is 0 Å². The summed E-state index contributed by atoms with van der Waals surface area (Å²) in [7, 11) is -1.25. The van der Waals surface area contributed by atoms with Crippen molar-refractivity contribution < 1.29 is 12.8 Å². The lowest BCUT2D eigenvalue weighted by molar-refractivity contribution is 0.600. The number of nitrogens with zero attached hydrogens (tertiary/aromatic N) is 1. The van der Waals surface area contributed by atoms with Gasteiger partial charge < -0.3 is 10.6 Å². The third kappa shape index (κ3) is 2.86. The highest BCUT2D eigenvalue weighted by atomic mass is 32.2. The predicted molar refractivity (Wildman–Crippen MR) is 72.9 cm³/mol. The Morgan fingerprint density at radius 2 is 2.21 bits per heavy atom. The van der Waals surface area contributed by atoms with Crippen LogP contribution >= 0.6 is 0 Å². The third-order valence-electron chi connectivity index (χ3n) is 3.38. The SMILES string of the molecule is CN(c1ccc(F)cc1C(=N)N)C1CCS(=O)(=O)C1. The van der Waals surface area contributed by atoms with Crippen molar-refractivity contribution in [3.63, 3.8) is 0 Å². The Kier molecular flexibility index (Phi) is 3.49. The molecule has 5 nitrogen and oxygen atoms in total. The molecule has 0 bridgehead atoms. The minimum atomic E-state index is -2.99. The van der Waals surface area contributed by atoms with Crippen LogP contribution in [0, 0.1) is 11.2 Å². The average Bonchev–Trinajstić information content (AvgIpc) is 2.68. The molecule has 1 aromatic carbocycles. The van der Waals surface area contributed by atoms with Crippen molar-refractivity contribution in [2.75, 3.05) is 23.5 Å². The molecule has 0 spiro atoms. The summed E-state index contributed by atoms with van der Waals surface area (Å²) >= 11 is 0. The Morgan fingerprint density at radius 1 is 1.53 bits per heavy atom. The molecule has 0 aliphatic carbocycles. The Morgan fingerprint density at radius 3 is 2.74 bits per heavy atom. The lowest BCUT2D eigenvalue weighted by Crippen LogP contribution is -2.34. The van der Waals surface area contributed by atoms with E-state index in [0.717, 1.165) is 0 Å². The number of hydrogen-bond acceptors (Lipinski definition) is 4. The van der Waals surface area contributed by atoms with Crippen LogP contribution in [0.4, 0.5) is 10.1 Å². The maximum atomic E-state index is 13.2. The van der Waals surface area contributed by atoms with Gasteiger partial charge >= 0.3 is 0 Å².